The predicted molar refractivity (Wildman–Crippen MR) is 94.8 cm³/mol. The van der Waals surface area contributed by atoms with Crippen LogP contribution in [0, 0.1) is 11.8 Å². The molecule has 6 heteroatoms. The standard InChI is InChI=1S/C18H26N6/c1-23-13-10-20-18(23)16-2-3-17(22-21-16)24-11-6-15(7-12-24)14-4-8-19-9-5-14/h2-3,10,13-15,19H,4-9,11-12H2,1H3. The van der Waals surface area contributed by atoms with E-state index in [2.05, 4.69) is 31.5 Å². The Hall–Kier alpha value is -1.95. The van der Waals surface area contributed by atoms with E-state index in [1.165, 1.54) is 38.8 Å². The van der Waals surface area contributed by atoms with Crippen LogP contribution in [0.15, 0.2) is 24.5 Å². The van der Waals surface area contributed by atoms with Crippen molar-refractivity contribution in [2.24, 2.45) is 18.9 Å². The third-order valence-electron chi connectivity index (χ3n) is 5.61. The minimum Gasteiger partial charge on any atom is -0.355 e. The lowest BCUT2D eigenvalue weighted by Gasteiger charge is -2.38. The molecule has 128 valence electrons. The molecule has 24 heavy (non-hydrogen) atoms. The monoisotopic (exact) mass is 326 g/mol. The Bertz CT molecular complexity index is 650. The molecule has 4 heterocycles. The summed E-state index contributed by atoms with van der Waals surface area (Å²) in [5.74, 6) is 3.67. The zero-order chi connectivity index (χ0) is 16.4. The highest BCUT2D eigenvalue weighted by atomic mass is 15.3. The van der Waals surface area contributed by atoms with E-state index in [9.17, 15) is 0 Å². The van der Waals surface area contributed by atoms with Crippen molar-refractivity contribution in [1.29, 1.82) is 0 Å². The van der Waals surface area contributed by atoms with Gasteiger partial charge < -0.3 is 14.8 Å². The molecule has 0 amide bonds. The molecule has 0 aromatic carbocycles. The first-order valence-electron chi connectivity index (χ1n) is 9.08. The number of anilines is 1. The van der Waals surface area contributed by atoms with E-state index >= 15 is 0 Å². The largest absolute Gasteiger partial charge is 0.355 e. The van der Waals surface area contributed by atoms with Gasteiger partial charge in [0.1, 0.15) is 5.69 Å². The van der Waals surface area contributed by atoms with Gasteiger partial charge in [0.15, 0.2) is 11.6 Å². The van der Waals surface area contributed by atoms with Crippen LogP contribution in [0.25, 0.3) is 11.5 Å². The molecule has 0 radical (unpaired) electrons. The number of imidazole rings is 1. The third kappa shape index (κ3) is 3.15. The van der Waals surface area contributed by atoms with Gasteiger partial charge in [-0.1, -0.05) is 0 Å². The topological polar surface area (TPSA) is 58.9 Å². The van der Waals surface area contributed by atoms with Gasteiger partial charge in [0.25, 0.3) is 0 Å². The Morgan fingerprint density at radius 2 is 1.75 bits per heavy atom. The Kier molecular flexibility index (Phi) is 4.47. The van der Waals surface area contributed by atoms with E-state index in [-0.39, 0.29) is 0 Å². The highest BCUT2D eigenvalue weighted by molar-refractivity contribution is 5.51. The number of aryl methyl sites for hydroxylation is 1. The molecule has 0 aliphatic carbocycles. The Morgan fingerprint density at radius 3 is 2.38 bits per heavy atom. The fraction of sp³-hybridized carbons (Fsp3) is 0.611. The lowest BCUT2D eigenvalue weighted by atomic mass is 9.79. The molecule has 2 saturated heterocycles. The SMILES string of the molecule is Cn1ccnc1-c1ccc(N2CCC(C3CCNCC3)CC2)nn1. The highest BCUT2D eigenvalue weighted by Crippen LogP contribution is 2.32. The maximum Gasteiger partial charge on any atom is 0.160 e. The van der Waals surface area contributed by atoms with E-state index in [1.807, 2.05) is 23.9 Å². The van der Waals surface area contributed by atoms with Crippen molar-refractivity contribution in [3.8, 4) is 11.5 Å². The molecule has 2 aromatic heterocycles. The predicted octanol–water partition coefficient (Wildman–Crippen LogP) is 2.09. The van der Waals surface area contributed by atoms with Crippen molar-refractivity contribution in [1.82, 2.24) is 25.1 Å². The first kappa shape index (κ1) is 15.6. The van der Waals surface area contributed by atoms with Gasteiger partial charge in [-0.2, -0.15) is 0 Å². The summed E-state index contributed by atoms with van der Waals surface area (Å²) in [6, 6.07) is 4.12. The Balaban J connectivity index is 1.38. The number of hydrogen-bond donors (Lipinski definition) is 1. The molecule has 1 N–H and O–H groups in total. The molecule has 0 spiro atoms. The first-order chi connectivity index (χ1) is 11.8. The number of rotatable bonds is 3. The fourth-order valence-corrected chi connectivity index (χ4v) is 4.14. The van der Waals surface area contributed by atoms with Crippen LogP contribution < -0.4 is 10.2 Å². The second-order valence-corrected chi connectivity index (χ2v) is 7.05. The summed E-state index contributed by atoms with van der Waals surface area (Å²) in [6.45, 7) is 4.60. The van der Waals surface area contributed by atoms with Crippen LogP contribution in [0.4, 0.5) is 5.82 Å². The van der Waals surface area contributed by atoms with Gasteiger partial charge in [0.2, 0.25) is 0 Å². The van der Waals surface area contributed by atoms with Crippen LogP contribution in [-0.4, -0.2) is 45.9 Å². The van der Waals surface area contributed by atoms with E-state index in [1.54, 1.807) is 6.20 Å². The Morgan fingerprint density at radius 1 is 1.00 bits per heavy atom. The quantitative estimate of drug-likeness (QED) is 0.936. The van der Waals surface area contributed by atoms with Crippen molar-refractivity contribution < 1.29 is 0 Å². The Labute approximate surface area is 143 Å². The maximum absolute atomic E-state index is 4.45. The van der Waals surface area contributed by atoms with Gasteiger partial charge in [-0.15, -0.1) is 10.2 Å². The molecule has 0 bridgehead atoms. The van der Waals surface area contributed by atoms with Gasteiger partial charge in [-0.05, 0) is 62.7 Å². The molecule has 2 aromatic rings. The number of hydrogen-bond acceptors (Lipinski definition) is 5. The molecule has 0 saturated carbocycles. The van der Waals surface area contributed by atoms with Crippen molar-refractivity contribution in [3.05, 3.63) is 24.5 Å². The molecule has 2 aliphatic rings. The van der Waals surface area contributed by atoms with Gasteiger partial charge >= 0.3 is 0 Å². The van der Waals surface area contributed by atoms with E-state index in [0.29, 0.717) is 0 Å². The molecular weight excluding hydrogens is 300 g/mol. The number of aromatic nitrogens is 4. The zero-order valence-electron chi connectivity index (χ0n) is 14.4. The van der Waals surface area contributed by atoms with Crippen molar-refractivity contribution >= 4 is 5.82 Å². The van der Waals surface area contributed by atoms with Crippen LogP contribution >= 0.6 is 0 Å². The van der Waals surface area contributed by atoms with E-state index in [4.69, 9.17) is 0 Å². The zero-order valence-corrected chi connectivity index (χ0v) is 14.4. The lowest BCUT2D eigenvalue weighted by molar-refractivity contribution is 0.221. The summed E-state index contributed by atoms with van der Waals surface area (Å²) in [5, 5.41) is 12.3. The van der Waals surface area contributed by atoms with Gasteiger partial charge in [0, 0.05) is 32.5 Å². The normalized spacial score (nSPS) is 20.5. The summed E-state index contributed by atoms with van der Waals surface area (Å²) < 4.78 is 1.97. The summed E-state index contributed by atoms with van der Waals surface area (Å²) >= 11 is 0. The van der Waals surface area contributed by atoms with Gasteiger partial charge in [0.05, 0.1) is 0 Å². The smallest absolute Gasteiger partial charge is 0.160 e. The first-order valence-corrected chi connectivity index (χ1v) is 9.08. The average molecular weight is 326 g/mol. The summed E-state index contributed by atoms with van der Waals surface area (Å²) in [6.07, 6.45) is 8.99. The molecule has 2 aliphatic heterocycles. The summed E-state index contributed by atoms with van der Waals surface area (Å²) in [5.41, 5.74) is 0.829. The van der Waals surface area contributed by atoms with Crippen LogP contribution in [0.5, 0.6) is 0 Å². The second kappa shape index (κ2) is 6.89. The minimum absolute atomic E-state index is 0.829. The minimum atomic E-state index is 0.829. The van der Waals surface area contributed by atoms with Gasteiger partial charge in [-0.3, -0.25) is 0 Å². The number of nitrogens with zero attached hydrogens (tertiary/aromatic N) is 5. The molecule has 4 rings (SSSR count). The summed E-state index contributed by atoms with van der Waals surface area (Å²) in [4.78, 5) is 6.71. The van der Waals surface area contributed by atoms with E-state index < -0.39 is 0 Å². The van der Waals surface area contributed by atoms with Crippen molar-refractivity contribution in [3.63, 3.8) is 0 Å². The number of piperidine rings is 2. The highest BCUT2D eigenvalue weighted by Gasteiger charge is 2.28. The summed E-state index contributed by atoms with van der Waals surface area (Å²) in [7, 11) is 1.98. The second-order valence-electron chi connectivity index (χ2n) is 7.05. The van der Waals surface area contributed by atoms with Crippen LogP contribution in [0.1, 0.15) is 25.7 Å². The van der Waals surface area contributed by atoms with Crippen LogP contribution in [0.2, 0.25) is 0 Å². The molecule has 2 fully saturated rings. The van der Waals surface area contributed by atoms with Crippen molar-refractivity contribution in [2.75, 3.05) is 31.1 Å². The van der Waals surface area contributed by atoms with Gasteiger partial charge in [-0.25, -0.2) is 4.98 Å². The average Bonchev–Trinajstić information content (AvgIpc) is 3.09. The third-order valence-corrected chi connectivity index (χ3v) is 5.61. The maximum atomic E-state index is 4.45. The van der Waals surface area contributed by atoms with E-state index in [0.717, 1.165) is 42.3 Å². The van der Waals surface area contributed by atoms with Crippen molar-refractivity contribution in [2.45, 2.75) is 25.7 Å². The lowest BCUT2D eigenvalue weighted by Crippen LogP contribution is -2.39. The number of nitrogens with one attached hydrogen (secondary N) is 1. The van der Waals surface area contributed by atoms with Crippen LogP contribution in [-0.2, 0) is 7.05 Å². The van der Waals surface area contributed by atoms with Crippen LogP contribution in [0.3, 0.4) is 0 Å². The molecule has 0 unspecified atom stereocenters. The molecule has 6 nitrogen and oxygen atoms in total. The molecular formula is C18H26N6. The fourth-order valence-electron chi connectivity index (χ4n) is 4.14. The molecule has 0 atom stereocenters.